The SMILES string of the molecule is C=C[C@@H]1C[C@]1(NC(=O)[C@@H]1C[C@@H]2CN1C(=O)[C@H](C1CCCCC1)NC(=O)O[C@@H]1C[C@H]1CCCCCc1c(nc3ccccc3c1OC1CCN(CC(F)(F)F)CC1)O2)C(=O)NS(=O)(=O)C1(C)CC1. The van der Waals surface area contributed by atoms with E-state index in [9.17, 15) is 36.0 Å². The second kappa shape index (κ2) is 18.7. The molecule has 3 aliphatic heterocycles. The van der Waals surface area contributed by atoms with Crippen molar-refractivity contribution < 1.29 is 55.0 Å². The predicted octanol–water partition coefficient (Wildman–Crippen LogP) is 6.23. The number of sulfonamides is 1. The van der Waals surface area contributed by atoms with Crippen LogP contribution >= 0.6 is 0 Å². The highest BCUT2D eigenvalue weighted by Crippen LogP contribution is 2.48. The maximum absolute atomic E-state index is 15.1. The van der Waals surface area contributed by atoms with Crippen molar-refractivity contribution in [2.75, 3.05) is 26.2 Å². The third-order valence-electron chi connectivity index (χ3n) is 15.4. The molecular formula is C48H63F3N6O9S. The van der Waals surface area contributed by atoms with Crippen molar-refractivity contribution in [3.63, 3.8) is 0 Å². The Morgan fingerprint density at radius 3 is 2.37 bits per heavy atom. The Balaban J connectivity index is 1.05. The lowest BCUT2D eigenvalue weighted by molar-refractivity contribution is -0.149. The van der Waals surface area contributed by atoms with Gasteiger partial charge in [-0.2, -0.15) is 13.2 Å². The van der Waals surface area contributed by atoms with Crippen LogP contribution in [0.2, 0.25) is 0 Å². The van der Waals surface area contributed by atoms with E-state index in [0.717, 1.165) is 56.8 Å². The molecule has 1 aromatic carbocycles. The molecule has 4 amide bonds. The summed E-state index contributed by atoms with van der Waals surface area (Å²) in [7, 11) is -4.05. The number of pyridine rings is 1. The zero-order valence-electron chi connectivity index (χ0n) is 38.1. The number of fused-ring (bicyclic) bond motifs is 5. The van der Waals surface area contributed by atoms with E-state index in [1.807, 2.05) is 24.3 Å². The van der Waals surface area contributed by atoms with Crippen molar-refractivity contribution in [3.8, 4) is 11.6 Å². The van der Waals surface area contributed by atoms with Crippen LogP contribution in [-0.4, -0.2) is 120 Å². The van der Waals surface area contributed by atoms with Crippen molar-refractivity contribution in [2.24, 2.45) is 17.8 Å². The molecule has 4 saturated carbocycles. The average molecular weight is 957 g/mol. The summed E-state index contributed by atoms with van der Waals surface area (Å²) in [6.45, 7) is 4.78. The maximum Gasteiger partial charge on any atom is 0.408 e. The average Bonchev–Trinajstić information content (AvgIpc) is 4.25. The maximum atomic E-state index is 15.1. The van der Waals surface area contributed by atoms with E-state index in [2.05, 4.69) is 21.9 Å². The molecule has 366 valence electrons. The number of likely N-dealkylation sites (tertiary alicyclic amines) is 1. The van der Waals surface area contributed by atoms with E-state index >= 15 is 4.79 Å². The summed E-state index contributed by atoms with van der Waals surface area (Å²) in [6.07, 6.45) is 5.32. The minimum absolute atomic E-state index is 0.0300. The van der Waals surface area contributed by atoms with E-state index in [1.54, 1.807) is 6.92 Å². The molecule has 2 saturated heterocycles. The number of hydrogen-bond acceptors (Lipinski definition) is 11. The number of aromatic nitrogens is 1. The first kappa shape index (κ1) is 47.4. The molecule has 6 fully saturated rings. The number of carbonyl (C=O) groups excluding carboxylic acids is 4. The number of para-hydroxylation sites is 1. The lowest BCUT2D eigenvalue weighted by atomic mass is 9.83. The van der Waals surface area contributed by atoms with Gasteiger partial charge in [-0.1, -0.05) is 50.3 Å². The Kier molecular flexibility index (Phi) is 13.2. The molecule has 7 aliphatic rings. The summed E-state index contributed by atoms with van der Waals surface area (Å²) in [4.78, 5) is 65.2. The van der Waals surface area contributed by atoms with Gasteiger partial charge >= 0.3 is 12.3 Å². The number of nitrogens with one attached hydrogen (secondary N) is 3. The van der Waals surface area contributed by atoms with Gasteiger partial charge in [-0.25, -0.2) is 18.2 Å². The zero-order valence-corrected chi connectivity index (χ0v) is 38.9. The summed E-state index contributed by atoms with van der Waals surface area (Å²) in [5.74, 6) is -1.84. The molecule has 2 bridgehead atoms. The smallest absolute Gasteiger partial charge is 0.408 e. The van der Waals surface area contributed by atoms with E-state index in [4.69, 9.17) is 19.2 Å². The van der Waals surface area contributed by atoms with Gasteiger partial charge in [-0.15, -0.1) is 6.58 Å². The molecule has 0 radical (unpaired) electrons. The highest BCUT2D eigenvalue weighted by Gasteiger charge is 2.63. The number of carbonyl (C=O) groups is 4. The molecule has 2 aromatic rings. The fraction of sp³-hybridized carbons (Fsp3) is 0.688. The standard InChI is InChI=1S/C48H63F3N6O9S/c1-3-31-26-47(31,44(60)55-67(62,63)46(2)20-21-46)54-41(58)37-25-33-27-57(37)43(59)39(29-12-6-4-7-13-29)53-45(61)66-38-24-30(38)14-8-5-9-16-35-40(34-15-10-11-17-36(34)52-42(35)65-33)64-32-18-22-56(23-19-32)28-48(49,50)51/h3,10-11,15,17,29-33,37-39H,1,4-9,12-14,16,18-28H2,2H3,(H,53,61)(H,54,58)(H,55,60)/t30-,31-,33-,37+,38-,39+,47-/m1/s1. The second-order valence-electron chi connectivity index (χ2n) is 20.4. The molecule has 4 aliphatic carbocycles. The van der Waals surface area contributed by atoms with Crippen molar-refractivity contribution in [1.29, 1.82) is 0 Å². The number of nitrogens with zero attached hydrogens (tertiary/aromatic N) is 3. The van der Waals surface area contributed by atoms with Gasteiger partial charge in [0.2, 0.25) is 27.7 Å². The summed E-state index contributed by atoms with van der Waals surface area (Å²) < 4.78 is 87.0. The molecule has 67 heavy (non-hydrogen) atoms. The van der Waals surface area contributed by atoms with Gasteiger partial charge in [0.1, 0.15) is 41.7 Å². The van der Waals surface area contributed by atoms with Crippen LogP contribution in [0.15, 0.2) is 36.9 Å². The van der Waals surface area contributed by atoms with Crippen molar-refractivity contribution >= 4 is 44.7 Å². The highest BCUT2D eigenvalue weighted by molar-refractivity contribution is 7.91. The Morgan fingerprint density at radius 1 is 0.985 bits per heavy atom. The largest absolute Gasteiger partial charge is 0.489 e. The van der Waals surface area contributed by atoms with Gasteiger partial charge in [-0.05, 0) is 102 Å². The number of alkyl halides is 3. The summed E-state index contributed by atoms with van der Waals surface area (Å²) in [5.41, 5.74) is -0.360. The summed E-state index contributed by atoms with van der Waals surface area (Å²) >= 11 is 0. The first-order valence-corrected chi connectivity index (χ1v) is 25.8. The number of piperidine rings is 1. The number of hydrogen-bond donors (Lipinski definition) is 3. The Labute approximate surface area is 389 Å². The number of alkyl carbamates (subject to hydrolysis) is 1. The minimum atomic E-state index is -4.30. The highest BCUT2D eigenvalue weighted by atomic mass is 32.2. The Morgan fingerprint density at radius 2 is 1.69 bits per heavy atom. The number of ether oxygens (including phenoxy) is 3. The van der Waals surface area contributed by atoms with Crippen LogP contribution < -0.4 is 24.8 Å². The molecule has 19 heteroatoms. The van der Waals surface area contributed by atoms with Crippen molar-refractivity contribution in [2.45, 2.75) is 163 Å². The lowest BCUT2D eigenvalue weighted by Gasteiger charge is -2.34. The third-order valence-corrected chi connectivity index (χ3v) is 17.6. The Hall–Kier alpha value is -4.65. The van der Waals surface area contributed by atoms with Crippen LogP contribution in [0.1, 0.15) is 115 Å². The van der Waals surface area contributed by atoms with E-state index in [-0.39, 0.29) is 62.4 Å². The first-order chi connectivity index (χ1) is 32.0. The van der Waals surface area contributed by atoms with E-state index < -0.39 is 81.0 Å². The normalized spacial score (nSPS) is 30.8. The molecule has 15 nitrogen and oxygen atoms in total. The van der Waals surface area contributed by atoms with Gasteiger partial charge in [0.25, 0.3) is 5.91 Å². The summed E-state index contributed by atoms with van der Waals surface area (Å²) in [6, 6.07) is 5.23. The number of rotatable bonds is 10. The number of benzene rings is 1. The molecule has 0 unspecified atom stereocenters. The fourth-order valence-electron chi connectivity index (χ4n) is 10.8. The molecule has 4 heterocycles. The van der Waals surface area contributed by atoms with Crippen LogP contribution in [0.5, 0.6) is 11.6 Å². The molecule has 9 rings (SSSR count). The van der Waals surface area contributed by atoms with Crippen LogP contribution in [0.3, 0.4) is 0 Å². The topological polar surface area (TPSA) is 186 Å². The van der Waals surface area contributed by atoms with E-state index in [1.165, 1.54) is 15.9 Å². The molecule has 3 N–H and O–H groups in total. The van der Waals surface area contributed by atoms with Gasteiger partial charge in [0, 0.05) is 30.8 Å². The Bertz CT molecular complexity index is 2350. The van der Waals surface area contributed by atoms with E-state index in [0.29, 0.717) is 61.8 Å². The minimum Gasteiger partial charge on any atom is -0.489 e. The van der Waals surface area contributed by atoms with Crippen LogP contribution in [0.25, 0.3) is 10.9 Å². The monoisotopic (exact) mass is 956 g/mol. The molecular weight excluding hydrogens is 894 g/mol. The van der Waals surface area contributed by atoms with Crippen LogP contribution in [0.4, 0.5) is 18.0 Å². The van der Waals surface area contributed by atoms with Crippen LogP contribution in [0, 0.1) is 17.8 Å². The zero-order chi connectivity index (χ0) is 47.3. The first-order valence-electron chi connectivity index (χ1n) is 24.3. The van der Waals surface area contributed by atoms with Gasteiger partial charge in [0.15, 0.2) is 0 Å². The van der Waals surface area contributed by atoms with Crippen molar-refractivity contribution in [1.82, 2.24) is 30.1 Å². The second-order valence-corrected chi connectivity index (χ2v) is 22.6. The van der Waals surface area contributed by atoms with Gasteiger partial charge < -0.3 is 29.7 Å². The van der Waals surface area contributed by atoms with Gasteiger partial charge in [-0.3, -0.25) is 24.0 Å². The predicted molar refractivity (Wildman–Crippen MR) is 240 cm³/mol. The quantitative estimate of drug-likeness (QED) is 0.230. The third kappa shape index (κ3) is 10.4. The molecule has 0 spiro atoms. The summed E-state index contributed by atoms with van der Waals surface area (Å²) in [5, 5.41) is 6.52. The van der Waals surface area contributed by atoms with Gasteiger partial charge in [0.05, 0.1) is 28.9 Å². The number of halogens is 3. The van der Waals surface area contributed by atoms with Crippen LogP contribution in [-0.2, 0) is 35.6 Å². The molecule has 7 atom stereocenters. The molecule has 1 aromatic heterocycles. The lowest BCUT2D eigenvalue weighted by Crippen LogP contribution is -2.59. The van der Waals surface area contributed by atoms with Crippen molar-refractivity contribution in [3.05, 3.63) is 42.5 Å². The fourth-order valence-corrected chi connectivity index (χ4v) is 12.1. The number of amides is 4.